The summed E-state index contributed by atoms with van der Waals surface area (Å²) < 4.78 is 37.5. The van der Waals surface area contributed by atoms with Crippen molar-refractivity contribution in [1.82, 2.24) is 44.4 Å². The molecule has 0 radical (unpaired) electrons. The quantitative estimate of drug-likeness (QED) is 0.00980. The molecule has 27 heteroatoms. The molecular weight excluding hydrogens is 1720 g/mol. The predicted octanol–water partition coefficient (Wildman–Crippen LogP) is 21.0. The van der Waals surface area contributed by atoms with E-state index in [1.165, 1.54) is 12.4 Å². The number of pyridine rings is 3. The number of aliphatic carboxylic acids is 1. The van der Waals surface area contributed by atoms with Gasteiger partial charge in [-0.2, -0.15) is 15.8 Å². The number of carbonyl (C=O) groups excluding carboxylic acids is 5. The summed E-state index contributed by atoms with van der Waals surface area (Å²) in [6, 6.07) is 18.9. The summed E-state index contributed by atoms with van der Waals surface area (Å²) in [5.41, 5.74) is 7.12. The van der Waals surface area contributed by atoms with Gasteiger partial charge in [-0.1, -0.05) is 147 Å². The molecule has 0 bridgehead atoms. The van der Waals surface area contributed by atoms with Crippen LogP contribution in [0.2, 0.25) is 25.7 Å². The van der Waals surface area contributed by atoms with Crippen LogP contribution in [0.25, 0.3) is 16.7 Å². The normalized spacial score (nSPS) is 23.1. The molecule has 680 valence electrons. The van der Waals surface area contributed by atoms with E-state index in [1.54, 1.807) is 17.7 Å². The Bertz CT molecular complexity index is 5150. The van der Waals surface area contributed by atoms with Gasteiger partial charge in [-0.05, 0) is 250 Å². The fourth-order valence-electron chi connectivity index (χ4n) is 17.9. The maximum Gasteiger partial charge on any atom is 0.338 e. The molecule has 0 saturated carbocycles. The number of Topliss-reactive ketones (excluding diaryl/α,β-unsaturated/α-hetero) is 3. The number of aromatic nitrogens is 9. The first-order valence-corrected chi connectivity index (χ1v) is 50.6. The van der Waals surface area contributed by atoms with Gasteiger partial charge >= 0.3 is 17.9 Å². The van der Waals surface area contributed by atoms with E-state index in [9.17, 15) is 39.1 Å². The van der Waals surface area contributed by atoms with Gasteiger partial charge in [-0.15, -0.1) is 0 Å². The van der Waals surface area contributed by atoms with Crippen LogP contribution < -0.4 is 0 Å². The Labute approximate surface area is 760 Å². The first kappa shape index (κ1) is 101. The maximum atomic E-state index is 13.9. The highest BCUT2D eigenvalue weighted by Gasteiger charge is 2.52. The monoisotopic (exact) mass is 1850 g/mol. The predicted molar refractivity (Wildman–Crippen MR) is 497 cm³/mol. The average Bonchev–Trinajstić information content (AvgIpc) is 0.802. The number of nitrogens with one attached hydrogen (secondary N) is 2. The molecule has 0 spiro atoms. The fraction of sp³-hybridized carbons (Fsp3) is 0.606. The number of hydrogen-bond donors (Lipinski definition) is 3. The highest BCUT2D eigenvalue weighted by molar-refractivity contribution is 14.1. The number of hydrogen-bond acceptors (Lipinski definition) is 21. The van der Waals surface area contributed by atoms with Crippen LogP contribution in [-0.2, 0) is 68.8 Å². The van der Waals surface area contributed by atoms with Crippen molar-refractivity contribution in [2.45, 2.75) is 343 Å². The molecule has 9 heterocycles. The molecular formula is C99H135IN12O13Si. The van der Waals surface area contributed by atoms with Crippen molar-refractivity contribution >= 4 is 82.6 Å². The van der Waals surface area contributed by atoms with Gasteiger partial charge in [0.2, 0.25) is 17.3 Å². The van der Waals surface area contributed by atoms with Crippen molar-refractivity contribution in [1.29, 1.82) is 15.8 Å². The lowest BCUT2D eigenvalue weighted by Gasteiger charge is -2.45. The van der Waals surface area contributed by atoms with Gasteiger partial charge in [0, 0.05) is 75.0 Å². The van der Waals surface area contributed by atoms with Crippen molar-refractivity contribution in [3.8, 4) is 18.2 Å². The highest BCUT2D eigenvalue weighted by atomic mass is 127. The Morgan fingerprint density at radius 3 is 1.18 bits per heavy atom. The number of esters is 2. The third-order valence-electron chi connectivity index (χ3n) is 24.8. The van der Waals surface area contributed by atoms with E-state index in [1.807, 2.05) is 109 Å². The van der Waals surface area contributed by atoms with Crippen LogP contribution in [0.1, 0.15) is 357 Å². The summed E-state index contributed by atoms with van der Waals surface area (Å²) in [4.78, 5) is 114. The average molecular weight is 1860 g/mol. The van der Waals surface area contributed by atoms with Gasteiger partial charge in [0.15, 0.2) is 40.0 Å². The summed E-state index contributed by atoms with van der Waals surface area (Å²) in [5.74, 6) is -1.82. The summed E-state index contributed by atoms with van der Waals surface area (Å²) in [6.07, 6.45) is 26.7. The summed E-state index contributed by atoms with van der Waals surface area (Å²) >= 11 is 2.15. The Balaban J connectivity index is 0.000000214. The van der Waals surface area contributed by atoms with E-state index in [4.69, 9.17) is 53.9 Å². The van der Waals surface area contributed by atoms with Crippen LogP contribution in [-0.4, -0.2) is 151 Å². The Morgan fingerprint density at radius 1 is 0.508 bits per heavy atom. The number of ether oxygens (including phenoxy) is 6. The number of halogens is 1. The first-order chi connectivity index (χ1) is 59.1. The summed E-state index contributed by atoms with van der Waals surface area (Å²) in [7, 11) is -1.27. The van der Waals surface area contributed by atoms with Crippen molar-refractivity contribution in [3.05, 3.63) is 159 Å². The molecule has 6 aromatic heterocycles. The molecule has 6 unspecified atom stereocenters. The second kappa shape index (κ2) is 42.0. The molecule has 6 aromatic rings. The zero-order valence-electron chi connectivity index (χ0n) is 78.4. The van der Waals surface area contributed by atoms with Gasteiger partial charge in [0.25, 0.3) is 0 Å². The van der Waals surface area contributed by atoms with Crippen molar-refractivity contribution in [3.63, 3.8) is 0 Å². The number of aromatic amines is 2. The number of nitriles is 3. The second-order valence-corrected chi connectivity index (χ2v) is 46.7. The van der Waals surface area contributed by atoms with E-state index in [2.05, 4.69) is 147 Å². The number of alkyl halides is 1. The lowest BCUT2D eigenvalue weighted by Crippen LogP contribution is -2.52. The van der Waals surface area contributed by atoms with Crippen LogP contribution in [0, 0.1) is 50.2 Å². The van der Waals surface area contributed by atoms with Crippen molar-refractivity contribution in [2.75, 3.05) is 24.8 Å². The molecule has 6 atom stereocenters. The summed E-state index contributed by atoms with van der Waals surface area (Å²) in [5, 5.41) is 37.6. The summed E-state index contributed by atoms with van der Waals surface area (Å²) in [6.45, 7) is 43.3. The largest absolute Gasteiger partial charge is 0.479 e. The SMILES string of the molecule is CC1(C)CC=C(c2nc(C3CC(C)(C)OC(C)(C(=O)O)C3)ccc2CC(=O)c2ncc(C#N)[nH]2)CC1.CCCCOC(=O)C1(C)CC(c2ccc(CC(=O)c3nc(C#N)cn3COCC[Si](C)(C)C)c(C3=CCC(C)(C)CC3)n2)CC(C)(C)O1.CCCCOC(=O)C1(C)CC(c2ccc(CC(=O)c3ncc(C#N)[nH]3)c(C3=CCC(C)(C)CC3)n2)CC(C)(C)O1.CI. The number of nitrogens with zero attached hydrogens (tertiary/aromatic N) is 10. The first-order valence-electron chi connectivity index (χ1n) is 44.8. The van der Waals surface area contributed by atoms with Gasteiger partial charge in [0.05, 0.1) is 59.5 Å². The van der Waals surface area contributed by atoms with Crippen LogP contribution >= 0.6 is 22.6 Å². The number of imidazole rings is 3. The topological polar surface area (TPSA) is 363 Å². The molecule has 126 heavy (non-hydrogen) atoms. The third kappa shape index (κ3) is 27.3. The van der Waals surface area contributed by atoms with E-state index in [-0.39, 0.29) is 124 Å². The number of rotatable bonds is 29. The minimum absolute atomic E-state index is 0.0140. The van der Waals surface area contributed by atoms with E-state index < -0.39 is 47.6 Å². The molecule has 0 amide bonds. The Kier molecular flexibility index (Phi) is 33.6. The Morgan fingerprint density at radius 2 is 0.865 bits per heavy atom. The van der Waals surface area contributed by atoms with Gasteiger partial charge in [0.1, 0.15) is 36.3 Å². The minimum Gasteiger partial charge on any atom is -0.479 e. The number of carboxylic acids is 1. The zero-order chi connectivity index (χ0) is 92.8. The molecule has 12 rings (SSSR count). The van der Waals surface area contributed by atoms with Crippen LogP contribution in [0.5, 0.6) is 0 Å². The van der Waals surface area contributed by atoms with Crippen molar-refractivity contribution < 1.29 is 62.3 Å². The van der Waals surface area contributed by atoms with Crippen LogP contribution in [0.4, 0.5) is 0 Å². The second-order valence-electron chi connectivity index (χ2n) is 41.1. The van der Waals surface area contributed by atoms with Crippen LogP contribution in [0.3, 0.4) is 0 Å². The standard InChI is InChI=1S/C38H56N4O5Si.C32H42N4O4.C28H34N4O4.CH3I/c1-10-11-18-46-35(44)38(6)23-29(22-37(4,5)47-38)31-13-12-28(33(41-31)27-14-16-36(2,3)17-15-27)21-32(43)34-40-30(24-39)25-42(34)26-45-19-20-48(7,8)9;1-7-8-15-39-29(38)32(6)18-23(17-31(4,5)40-32)25-10-9-22(16-26(37)28-34-20-24(19-33)35-28)27(36-25)21-11-13-30(2,3)14-12-21;1-26(2)10-8-17(9-11-26)23-18(12-22(33)24-30-16-20(15-29)31-24)6-7-21(32-23)19-13-27(3,4)36-28(5,14-19)25(34)35;1-2/h12-14,25,29H,10-11,15-23,26H2,1-9H3;9-11,20,23H,7-8,12-18H2,1-6H3,(H,34,35);6-8,16,19H,9-14H2,1-5H3,(H,30,31)(H,34,35);1H3. The molecule has 3 aliphatic heterocycles. The molecule has 3 saturated heterocycles. The van der Waals surface area contributed by atoms with Crippen molar-refractivity contribution in [2.24, 2.45) is 16.2 Å². The van der Waals surface area contributed by atoms with Gasteiger partial charge in [-0.3, -0.25) is 29.3 Å². The lowest BCUT2D eigenvalue weighted by molar-refractivity contribution is -0.205. The smallest absolute Gasteiger partial charge is 0.338 e. The molecule has 6 aliphatic rings. The Hall–Kier alpha value is -9.02. The van der Waals surface area contributed by atoms with Gasteiger partial charge < -0.3 is 48.1 Å². The molecule has 3 N–H and O–H groups in total. The number of carbonyl (C=O) groups is 6. The number of ketones is 3. The van der Waals surface area contributed by atoms with Crippen LogP contribution in [0.15, 0.2) is 73.2 Å². The number of carboxylic acid groups (broad SMARTS) is 1. The van der Waals surface area contributed by atoms with E-state index >= 15 is 0 Å². The minimum atomic E-state index is -1.30. The van der Waals surface area contributed by atoms with E-state index in [0.29, 0.717) is 58.3 Å². The molecule has 25 nitrogen and oxygen atoms in total. The van der Waals surface area contributed by atoms with Gasteiger partial charge in [-0.25, -0.2) is 29.3 Å². The number of unbranched alkanes of at least 4 members (excludes halogenated alkanes) is 2. The highest BCUT2D eigenvalue weighted by Crippen LogP contribution is 2.50. The zero-order valence-corrected chi connectivity index (χ0v) is 81.6. The molecule has 0 aromatic carbocycles. The number of H-pyrrole nitrogens is 2. The third-order valence-corrected chi connectivity index (χ3v) is 26.5. The van der Waals surface area contributed by atoms with E-state index in [0.717, 1.165) is 157 Å². The number of allylic oxidation sites excluding steroid dienone is 6. The molecule has 3 fully saturated rings. The molecule has 3 aliphatic carbocycles. The fourth-order valence-corrected chi connectivity index (χ4v) is 18.6. The lowest BCUT2D eigenvalue weighted by atomic mass is 9.76. The maximum absolute atomic E-state index is 13.9.